The molecule has 4 rings (SSSR count). The van der Waals surface area contributed by atoms with Gasteiger partial charge < -0.3 is 10.6 Å². The molecule has 34 heavy (non-hydrogen) atoms. The van der Waals surface area contributed by atoms with Crippen LogP contribution in [0.1, 0.15) is 33.9 Å². The van der Waals surface area contributed by atoms with Crippen molar-refractivity contribution in [1.82, 2.24) is 19.6 Å². The van der Waals surface area contributed by atoms with Gasteiger partial charge in [-0.15, -0.1) is 0 Å². The van der Waals surface area contributed by atoms with Crippen LogP contribution >= 0.6 is 35.4 Å². The van der Waals surface area contributed by atoms with E-state index in [1.165, 1.54) is 5.56 Å². The zero-order valence-corrected chi connectivity index (χ0v) is 21.8. The van der Waals surface area contributed by atoms with Gasteiger partial charge in [-0.05, 0) is 63.2 Å². The molecule has 0 saturated carbocycles. The third-order valence-electron chi connectivity index (χ3n) is 5.75. The highest BCUT2D eigenvalue weighted by atomic mass is 35.5. The summed E-state index contributed by atoms with van der Waals surface area (Å²) in [6.07, 6.45) is 0. The highest BCUT2D eigenvalue weighted by Crippen LogP contribution is 2.26. The second-order valence-corrected chi connectivity index (χ2v) is 9.46. The smallest absolute Gasteiger partial charge is 0.175 e. The lowest BCUT2D eigenvalue weighted by Crippen LogP contribution is -2.21. The van der Waals surface area contributed by atoms with E-state index < -0.39 is 0 Å². The number of aromatic nitrogens is 4. The first-order valence-electron chi connectivity index (χ1n) is 10.9. The maximum atomic E-state index is 6.36. The standard InChI is InChI=1S/C25H26Cl2N6S/c1-15-23(17(3)32(30-15)13-19-8-6-5-7-9-19)28-25(34)29-24-16(2)31-33(18(24)4)14-20-10-11-21(26)12-22(20)27/h5-12H,13-14H2,1-4H3,(H2,28,29,34). The molecule has 0 bridgehead atoms. The number of benzene rings is 2. The molecule has 176 valence electrons. The summed E-state index contributed by atoms with van der Waals surface area (Å²) < 4.78 is 3.89. The number of aryl methyl sites for hydroxylation is 2. The Kier molecular flexibility index (Phi) is 7.26. The molecular weight excluding hydrogens is 487 g/mol. The molecule has 0 atom stereocenters. The molecular formula is C25H26Cl2N6S. The molecule has 0 saturated heterocycles. The third kappa shape index (κ3) is 5.27. The van der Waals surface area contributed by atoms with Gasteiger partial charge in [-0.25, -0.2) is 0 Å². The van der Waals surface area contributed by atoms with E-state index in [9.17, 15) is 0 Å². The van der Waals surface area contributed by atoms with Crippen molar-refractivity contribution in [3.63, 3.8) is 0 Å². The van der Waals surface area contributed by atoms with Gasteiger partial charge in [0.05, 0.1) is 47.2 Å². The van der Waals surface area contributed by atoms with E-state index in [-0.39, 0.29) is 0 Å². The molecule has 6 nitrogen and oxygen atoms in total. The average molecular weight is 513 g/mol. The van der Waals surface area contributed by atoms with E-state index in [1.54, 1.807) is 6.07 Å². The predicted molar refractivity (Wildman–Crippen MR) is 144 cm³/mol. The first kappa shape index (κ1) is 24.3. The summed E-state index contributed by atoms with van der Waals surface area (Å²) in [5.74, 6) is 0. The minimum atomic E-state index is 0.487. The Labute approximate surface area is 214 Å². The van der Waals surface area contributed by atoms with Crippen molar-refractivity contribution in [2.24, 2.45) is 0 Å². The fraction of sp³-hybridized carbons (Fsp3) is 0.240. The molecule has 0 radical (unpaired) electrons. The topological polar surface area (TPSA) is 59.7 Å². The zero-order valence-electron chi connectivity index (χ0n) is 19.5. The van der Waals surface area contributed by atoms with Crippen LogP contribution in [0.2, 0.25) is 10.0 Å². The van der Waals surface area contributed by atoms with Gasteiger partial charge in [0.1, 0.15) is 0 Å². The number of nitrogens with one attached hydrogen (secondary N) is 2. The molecule has 2 aromatic carbocycles. The molecule has 0 aliphatic rings. The van der Waals surface area contributed by atoms with Crippen molar-refractivity contribution < 1.29 is 0 Å². The van der Waals surface area contributed by atoms with Gasteiger partial charge in [-0.2, -0.15) is 10.2 Å². The summed E-state index contributed by atoms with van der Waals surface area (Å²) in [5.41, 5.74) is 7.63. The van der Waals surface area contributed by atoms with Crippen LogP contribution in [0.3, 0.4) is 0 Å². The molecule has 2 aromatic heterocycles. The normalized spacial score (nSPS) is 11.0. The van der Waals surface area contributed by atoms with E-state index >= 15 is 0 Å². The highest BCUT2D eigenvalue weighted by molar-refractivity contribution is 7.80. The molecule has 0 fully saturated rings. The minimum Gasteiger partial charge on any atom is -0.329 e. The van der Waals surface area contributed by atoms with Crippen molar-refractivity contribution in [3.8, 4) is 0 Å². The van der Waals surface area contributed by atoms with Gasteiger partial charge >= 0.3 is 0 Å². The Hall–Kier alpha value is -2.87. The zero-order chi connectivity index (χ0) is 24.4. The van der Waals surface area contributed by atoms with Crippen molar-refractivity contribution in [2.75, 3.05) is 10.6 Å². The van der Waals surface area contributed by atoms with Crippen LogP contribution in [0.5, 0.6) is 0 Å². The average Bonchev–Trinajstić information content (AvgIpc) is 3.20. The molecule has 0 unspecified atom stereocenters. The predicted octanol–water partition coefficient (Wildman–Crippen LogP) is 6.53. The van der Waals surface area contributed by atoms with Gasteiger partial charge in [0.2, 0.25) is 0 Å². The summed E-state index contributed by atoms with van der Waals surface area (Å²) in [7, 11) is 0. The van der Waals surface area contributed by atoms with Gasteiger partial charge in [-0.1, -0.05) is 59.6 Å². The quantitative estimate of drug-likeness (QED) is 0.287. The SMILES string of the molecule is Cc1nn(Cc2ccccc2)c(C)c1NC(=S)Nc1c(C)nn(Cc2ccc(Cl)cc2Cl)c1C. The molecule has 0 amide bonds. The molecule has 4 aromatic rings. The van der Waals surface area contributed by atoms with E-state index in [0.29, 0.717) is 28.2 Å². The Balaban J connectivity index is 1.48. The van der Waals surface area contributed by atoms with Gasteiger partial charge in [-0.3, -0.25) is 9.36 Å². The Morgan fingerprint density at radius 1 is 0.824 bits per heavy atom. The number of rotatable bonds is 6. The van der Waals surface area contributed by atoms with E-state index in [4.69, 9.17) is 40.5 Å². The summed E-state index contributed by atoms with van der Waals surface area (Å²) in [4.78, 5) is 0. The largest absolute Gasteiger partial charge is 0.329 e. The molecule has 0 spiro atoms. The number of hydrogen-bond acceptors (Lipinski definition) is 3. The monoisotopic (exact) mass is 512 g/mol. The van der Waals surface area contributed by atoms with Crippen LogP contribution in [0.15, 0.2) is 48.5 Å². The van der Waals surface area contributed by atoms with Crippen LogP contribution in [0.4, 0.5) is 11.4 Å². The highest BCUT2D eigenvalue weighted by Gasteiger charge is 2.17. The molecule has 2 heterocycles. The fourth-order valence-corrected chi connectivity index (χ4v) is 4.56. The van der Waals surface area contributed by atoms with Crippen molar-refractivity contribution >= 4 is 51.9 Å². The van der Waals surface area contributed by atoms with Gasteiger partial charge in [0.15, 0.2) is 5.11 Å². The Bertz CT molecular complexity index is 1340. The van der Waals surface area contributed by atoms with Crippen LogP contribution in [0.25, 0.3) is 0 Å². The third-order valence-corrected chi connectivity index (χ3v) is 6.54. The maximum absolute atomic E-state index is 6.36. The molecule has 0 aliphatic carbocycles. The van der Waals surface area contributed by atoms with Crippen LogP contribution in [0, 0.1) is 27.7 Å². The van der Waals surface area contributed by atoms with E-state index in [1.807, 2.05) is 67.4 Å². The number of thiocarbonyl (C=S) groups is 1. The number of hydrogen-bond donors (Lipinski definition) is 2. The van der Waals surface area contributed by atoms with E-state index in [0.717, 1.165) is 39.7 Å². The van der Waals surface area contributed by atoms with Crippen LogP contribution in [-0.4, -0.2) is 24.7 Å². The van der Waals surface area contributed by atoms with Crippen molar-refractivity contribution in [2.45, 2.75) is 40.8 Å². The summed E-state index contributed by atoms with van der Waals surface area (Å²) in [5, 5.41) is 17.7. The van der Waals surface area contributed by atoms with Crippen LogP contribution in [-0.2, 0) is 13.1 Å². The second kappa shape index (κ2) is 10.2. The minimum absolute atomic E-state index is 0.487. The Morgan fingerprint density at radius 3 is 1.94 bits per heavy atom. The lowest BCUT2D eigenvalue weighted by molar-refractivity contribution is 0.659. The lowest BCUT2D eigenvalue weighted by atomic mass is 10.2. The number of nitrogens with zero attached hydrogens (tertiary/aromatic N) is 4. The summed E-state index contributed by atoms with van der Waals surface area (Å²) in [6.45, 7) is 9.21. The first-order chi connectivity index (χ1) is 16.2. The first-order valence-corrected chi connectivity index (χ1v) is 12.0. The summed E-state index contributed by atoms with van der Waals surface area (Å²) >= 11 is 18.0. The number of anilines is 2. The second-order valence-electron chi connectivity index (χ2n) is 8.21. The lowest BCUT2D eigenvalue weighted by Gasteiger charge is -2.12. The van der Waals surface area contributed by atoms with E-state index in [2.05, 4.69) is 27.9 Å². The van der Waals surface area contributed by atoms with Crippen molar-refractivity contribution in [1.29, 1.82) is 0 Å². The van der Waals surface area contributed by atoms with Gasteiger partial charge in [0, 0.05) is 10.0 Å². The van der Waals surface area contributed by atoms with Crippen molar-refractivity contribution in [3.05, 3.63) is 92.5 Å². The number of halogens is 2. The fourth-order valence-electron chi connectivity index (χ4n) is 3.89. The van der Waals surface area contributed by atoms with Gasteiger partial charge in [0.25, 0.3) is 0 Å². The molecule has 9 heteroatoms. The Morgan fingerprint density at radius 2 is 1.38 bits per heavy atom. The molecule has 2 N–H and O–H groups in total. The maximum Gasteiger partial charge on any atom is 0.175 e. The summed E-state index contributed by atoms with van der Waals surface area (Å²) in [6, 6.07) is 15.7. The molecule has 0 aliphatic heterocycles. The van der Waals surface area contributed by atoms with Crippen LogP contribution < -0.4 is 10.6 Å².